The molecule has 3 aromatic rings. The van der Waals surface area contributed by atoms with Crippen molar-refractivity contribution in [1.82, 2.24) is 4.98 Å². The van der Waals surface area contributed by atoms with Gasteiger partial charge in [-0.1, -0.05) is 48.2 Å². The van der Waals surface area contributed by atoms with Crippen LogP contribution in [0.5, 0.6) is 0 Å². The van der Waals surface area contributed by atoms with Gasteiger partial charge in [-0.25, -0.2) is 14.2 Å². The average Bonchev–Trinajstić information content (AvgIpc) is 2.49. The number of pyridine rings is 1. The minimum atomic E-state index is -1.10. The Labute approximate surface area is 124 Å². The van der Waals surface area contributed by atoms with Crippen LogP contribution in [0.25, 0.3) is 10.8 Å². The monoisotopic (exact) mass is 299 g/mol. The van der Waals surface area contributed by atoms with Crippen molar-refractivity contribution in [2.45, 2.75) is 9.92 Å². The van der Waals surface area contributed by atoms with E-state index in [-0.39, 0.29) is 11.5 Å². The molecule has 1 N–H and O–H groups in total. The van der Waals surface area contributed by atoms with Crippen LogP contribution in [0, 0.1) is 5.82 Å². The van der Waals surface area contributed by atoms with Crippen molar-refractivity contribution < 1.29 is 14.3 Å². The smallest absolute Gasteiger partial charge is 0.354 e. The highest BCUT2D eigenvalue weighted by Crippen LogP contribution is 2.33. The van der Waals surface area contributed by atoms with E-state index in [1.807, 2.05) is 24.3 Å². The van der Waals surface area contributed by atoms with Gasteiger partial charge in [0.2, 0.25) is 0 Å². The third kappa shape index (κ3) is 2.73. The number of hydrogen-bond acceptors (Lipinski definition) is 3. The van der Waals surface area contributed by atoms with E-state index in [2.05, 4.69) is 4.98 Å². The molecule has 0 aliphatic heterocycles. The van der Waals surface area contributed by atoms with Crippen molar-refractivity contribution in [2.75, 3.05) is 0 Å². The Balaban J connectivity index is 2.16. The van der Waals surface area contributed by atoms with Crippen LogP contribution < -0.4 is 0 Å². The van der Waals surface area contributed by atoms with Crippen molar-refractivity contribution in [3.63, 3.8) is 0 Å². The zero-order valence-corrected chi connectivity index (χ0v) is 11.6. The average molecular weight is 299 g/mol. The maximum absolute atomic E-state index is 13.8. The number of benzene rings is 2. The first-order valence-electron chi connectivity index (χ1n) is 6.20. The molecular weight excluding hydrogens is 289 g/mol. The van der Waals surface area contributed by atoms with Crippen molar-refractivity contribution >= 4 is 28.5 Å². The SMILES string of the molecule is O=C(O)c1cc2ccccc2c(Sc2ccccc2F)n1. The molecule has 3 nitrogen and oxygen atoms in total. The summed E-state index contributed by atoms with van der Waals surface area (Å²) in [5.74, 6) is -1.45. The Hall–Kier alpha value is -2.40. The zero-order chi connectivity index (χ0) is 14.8. The van der Waals surface area contributed by atoms with Gasteiger partial charge < -0.3 is 5.11 Å². The molecule has 0 saturated carbocycles. The van der Waals surface area contributed by atoms with Gasteiger partial charge in [0.1, 0.15) is 16.5 Å². The zero-order valence-electron chi connectivity index (χ0n) is 10.8. The summed E-state index contributed by atoms with van der Waals surface area (Å²) in [7, 11) is 0. The molecule has 0 bridgehead atoms. The Morgan fingerprint density at radius 2 is 1.81 bits per heavy atom. The van der Waals surface area contributed by atoms with Crippen molar-refractivity contribution in [2.24, 2.45) is 0 Å². The number of aromatic nitrogens is 1. The third-order valence-corrected chi connectivity index (χ3v) is 4.02. The van der Waals surface area contributed by atoms with E-state index >= 15 is 0 Å². The number of hydrogen-bond donors (Lipinski definition) is 1. The van der Waals surface area contributed by atoms with Crippen LogP contribution in [0.15, 0.2) is 64.5 Å². The van der Waals surface area contributed by atoms with E-state index in [4.69, 9.17) is 5.11 Å². The molecule has 104 valence electrons. The fourth-order valence-corrected chi connectivity index (χ4v) is 2.95. The fraction of sp³-hybridized carbons (Fsp3) is 0. The molecule has 21 heavy (non-hydrogen) atoms. The fourth-order valence-electron chi connectivity index (χ4n) is 1.99. The molecule has 0 unspecified atom stereocenters. The van der Waals surface area contributed by atoms with Gasteiger partial charge in [0, 0.05) is 10.3 Å². The van der Waals surface area contributed by atoms with E-state index in [0.717, 1.165) is 22.5 Å². The van der Waals surface area contributed by atoms with Crippen LogP contribution in [0.1, 0.15) is 10.5 Å². The molecule has 0 atom stereocenters. The Morgan fingerprint density at radius 1 is 1.10 bits per heavy atom. The lowest BCUT2D eigenvalue weighted by molar-refractivity contribution is 0.0690. The second kappa shape index (κ2) is 5.54. The number of nitrogens with zero attached hydrogens (tertiary/aromatic N) is 1. The quantitative estimate of drug-likeness (QED) is 0.786. The summed E-state index contributed by atoms with van der Waals surface area (Å²) >= 11 is 1.13. The Kier molecular flexibility index (Phi) is 3.58. The summed E-state index contributed by atoms with van der Waals surface area (Å²) in [6, 6.07) is 15.2. The first-order valence-corrected chi connectivity index (χ1v) is 7.02. The number of aromatic carboxylic acids is 1. The molecular formula is C16H10FNO2S. The van der Waals surface area contributed by atoms with E-state index < -0.39 is 5.97 Å². The lowest BCUT2D eigenvalue weighted by atomic mass is 10.1. The highest BCUT2D eigenvalue weighted by atomic mass is 32.2. The predicted octanol–water partition coefficient (Wildman–Crippen LogP) is 4.22. The molecule has 0 saturated heterocycles. The van der Waals surface area contributed by atoms with E-state index in [0.29, 0.717) is 9.92 Å². The maximum Gasteiger partial charge on any atom is 0.354 e. The highest BCUT2D eigenvalue weighted by Gasteiger charge is 2.13. The molecule has 0 fully saturated rings. The van der Waals surface area contributed by atoms with Gasteiger partial charge >= 0.3 is 5.97 Å². The van der Waals surface area contributed by atoms with Crippen LogP contribution in [-0.4, -0.2) is 16.1 Å². The first-order chi connectivity index (χ1) is 10.1. The summed E-state index contributed by atoms with van der Waals surface area (Å²) in [6.07, 6.45) is 0. The molecule has 0 aliphatic rings. The topological polar surface area (TPSA) is 50.2 Å². The van der Waals surface area contributed by atoms with Gasteiger partial charge in [0.25, 0.3) is 0 Å². The van der Waals surface area contributed by atoms with Crippen molar-refractivity contribution in [3.8, 4) is 0 Å². The van der Waals surface area contributed by atoms with Gasteiger partial charge in [0.15, 0.2) is 0 Å². The second-order valence-electron chi connectivity index (χ2n) is 4.37. The first kappa shape index (κ1) is 13.6. The van der Waals surface area contributed by atoms with Gasteiger partial charge in [-0.3, -0.25) is 0 Å². The molecule has 0 amide bonds. The minimum absolute atomic E-state index is 0.0486. The van der Waals surface area contributed by atoms with Crippen molar-refractivity contribution in [1.29, 1.82) is 0 Å². The van der Waals surface area contributed by atoms with Gasteiger partial charge in [0.05, 0.1) is 0 Å². The normalized spacial score (nSPS) is 10.7. The second-order valence-corrected chi connectivity index (χ2v) is 5.40. The Morgan fingerprint density at radius 3 is 2.57 bits per heavy atom. The van der Waals surface area contributed by atoms with Crippen LogP contribution >= 0.6 is 11.8 Å². The molecule has 3 rings (SSSR count). The minimum Gasteiger partial charge on any atom is -0.477 e. The molecule has 1 heterocycles. The summed E-state index contributed by atoms with van der Waals surface area (Å²) in [5, 5.41) is 11.2. The number of carboxylic acids is 1. The summed E-state index contributed by atoms with van der Waals surface area (Å²) in [5.41, 5.74) is -0.0486. The van der Waals surface area contributed by atoms with Crippen LogP contribution in [0.3, 0.4) is 0 Å². The number of halogens is 1. The molecule has 1 aromatic heterocycles. The van der Waals surface area contributed by atoms with Gasteiger partial charge in [-0.05, 0) is 23.6 Å². The van der Waals surface area contributed by atoms with Crippen LogP contribution in [-0.2, 0) is 0 Å². The maximum atomic E-state index is 13.8. The number of fused-ring (bicyclic) bond motifs is 1. The molecule has 0 radical (unpaired) electrons. The number of rotatable bonds is 3. The van der Waals surface area contributed by atoms with E-state index in [1.165, 1.54) is 12.1 Å². The van der Waals surface area contributed by atoms with Crippen molar-refractivity contribution in [3.05, 3.63) is 66.1 Å². The van der Waals surface area contributed by atoms with Gasteiger partial charge in [-0.2, -0.15) is 0 Å². The highest BCUT2D eigenvalue weighted by molar-refractivity contribution is 7.99. The molecule has 2 aromatic carbocycles. The number of carboxylic acid groups (broad SMARTS) is 1. The molecule has 5 heteroatoms. The van der Waals surface area contributed by atoms with Crippen LogP contribution in [0.2, 0.25) is 0 Å². The van der Waals surface area contributed by atoms with Crippen LogP contribution in [0.4, 0.5) is 4.39 Å². The summed E-state index contributed by atoms with van der Waals surface area (Å²) in [6.45, 7) is 0. The summed E-state index contributed by atoms with van der Waals surface area (Å²) < 4.78 is 13.8. The standard InChI is InChI=1S/C16H10FNO2S/c17-12-7-3-4-8-14(12)21-15-11-6-2-1-5-10(11)9-13(18-15)16(19)20/h1-9H,(H,19,20). The van der Waals surface area contributed by atoms with Gasteiger partial charge in [-0.15, -0.1) is 0 Å². The molecule has 0 aliphatic carbocycles. The predicted molar refractivity (Wildman–Crippen MR) is 79.2 cm³/mol. The van der Waals surface area contributed by atoms with E-state index in [1.54, 1.807) is 18.2 Å². The summed E-state index contributed by atoms with van der Waals surface area (Å²) in [4.78, 5) is 15.7. The lowest BCUT2D eigenvalue weighted by Crippen LogP contribution is -2.01. The third-order valence-electron chi connectivity index (χ3n) is 2.97. The molecule has 0 spiro atoms. The Bertz CT molecular complexity index is 835. The lowest BCUT2D eigenvalue weighted by Gasteiger charge is -2.07. The number of carbonyl (C=O) groups is 1. The largest absolute Gasteiger partial charge is 0.477 e. The van der Waals surface area contributed by atoms with E-state index in [9.17, 15) is 9.18 Å².